The van der Waals surface area contributed by atoms with Crippen molar-refractivity contribution in [3.8, 4) is 0 Å². The molecule has 0 aromatic heterocycles. The fourth-order valence-electron chi connectivity index (χ4n) is 2.71. The molecule has 0 aliphatic carbocycles. The normalized spacial score (nSPS) is 16.9. The summed E-state index contributed by atoms with van der Waals surface area (Å²) >= 11 is 0. The zero-order chi connectivity index (χ0) is 14.0. The van der Waals surface area contributed by atoms with Gasteiger partial charge in [-0.3, -0.25) is 0 Å². The molecule has 104 valence electrons. The number of piperidine rings is 1. The minimum absolute atomic E-state index is 0.411. The maximum absolute atomic E-state index is 11.3. The highest BCUT2D eigenvalue weighted by molar-refractivity contribution is 5.94. The van der Waals surface area contributed by atoms with E-state index in [0.717, 1.165) is 37.2 Å². The number of nitrogens with zero attached hydrogens (tertiary/aromatic N) is 2. The summed E-state index contributed by atoms with van der Waals surface area (Å²) in [6.45, 7) is 3.85. The molecule has 0 unspecified atom stereocenters. The Morgan fingerprint density at radius 3 is 2.47 bits per heavy atom. The number of hydrogen-bond donors (Lipinski definition) is 1. The van der Waals surface area contributed by atoms with E-state index in [0.29, 0.717) is 11.6 Å². The second-order valence-electron chi connectivity index (χ2n) is 5.51. The topological polar surface area (TPSA) is 43.8 Å². The number of rotatable bonds is 3. The van der Waals surface area contributed by atoms with E-state index in [2.05, 4.69) is 23.9 Å². The third kappa shape index (κ3) is 3.07. The molecular formula is C15H22N2O2. The lowest BCUT2D eigenvalue weighted by atomic mass is 10.0. The number of carboxylic acids is 1. The van der Waals surface area contributed by atoms with Crippen LogP contribution in [0.2, 0.25) is 0 Å². The van der Waals surface area contributed by atoms with Crippen LogP contribution in [0.1, 0.15) is 28.8 Å². The van der Waals surface area contributed by atoms with Gasteiger partial charge in [0.15, 0.2) is 0 Å². The van der Waals surface area contributed by atoms with Gasteiger partial charge in [0.2, 0.25) is 0 Å². The van der Waals surface area contributed by atoms with Gasteiger partial charge in [-0.2, -0.15) is 0 Å². The molecule has 0 radical (unpaired) electrons. The summed E-state index contributed by atoms with van der Waals surface area (Å²) in [5.74, 6) is -0.843. The molecule has 1 aliphatic rings. The maximum atomic E-state index is 11.3. The standard InChI is InChI=1S/C15H22N2O2/c1-11-4-5-13(15(18)19)14(10-11)17-8-6-12(7-9-17)16(2)3/h4-5,10,12H,6-9H2,1-3H3,(H,18,19). The van der Waals surface area contributed by atoms with Crippen molar-refractivity contribution in [2.45, 2.75) is 25.8 Å². The Kier molecular flexibility index (Phi) is 4.10. The molecule has 1 heterocycles. The van der Waals surface area contributed by atoms with E-state index in [1.54, 1.807) is 6.07 Å². The Morgan fingerprint density at radius 1 is 1.32 bits per heavy atom. The summed E-state index contributed by atoms with van der Waals surface area (Å²) in [6, 6.07) is 6.17. The van der Waals surface area contributed by atoms with Crippen LogP contribution in [0.25, 0.3) is 0 Å². The van der Waals surface area contributed by atoms with Gasteiger partial charge in [-0.15, -0.1) is 0 Å². The van der Waals surface area contributed by atoms with Crippen molar-refractivity contribution in [2.75, 3.05) is 32.1 Å². The lowest BCUT2D eigenvalue weighted by molar-refractivity contribution is 0.0697. The first kappa shape index (κ1) is 13.9. The van der Waals surface area contributed by atoms with Crippen molar-refractivity contribution in [3.63, 3.8) is 0 Å². The van der Waals surface area contributed by atoms with Crippen LogP contribution < -0.4 is 4.90 Å². The smallest absolute Gasteiger partial charge is 0.337 e. The quantitative estimate of drug-likeness (QED) is 0.907. The van der Waals surface area contributed by atoms with Crippen molar-refractivity contribution in [1.82, 2.24) is 4.90 Å². The van der Waals surface area contributed by atoms with Crippen LogP contribution in [0.5, 0.6) is 0 Å². The fraction of sp³-hybridized carbons (Fsp3) is 0.533. The van der Waals surface area contributed by atoms with Crippen LogP contribution in [-0.2, 0) is 0 Å². The highest BCUT2D eigenvalue weighted by Crippen LogP contribution is 2.26. The summed E-state index contributed by atoms with van der Waals surface area (Å²) in [4.78, 5) is 15.8. The van der Waals surface area contributed by atoms with E-state index in [4.69, 9.17) is 0 Å². The molecule has 2 rings (SSSR count). The monoisotopic (exact) mass is 262 g/mol. The van der Waals surface area contributed by atoms with E-state index in [9.17, 15) is 9.90 Å². The zero-order valence-corrected chi connectivity index (χ0v) is 11.9. The first-order chi connectivity index (χ1) is 8.99. The van der Waals surface area contributed by atoms with Gasteiger partial charge in [-0.25, -0.2) is 4.79 Å². The Bertz CT molecular complexity index is 463. The van der Waals surface area contributed by atoms with Gasteiger partial charge in [-0.1, -0.05) is 6.07 Å². The molecule has 0 amide bonds. The summed E-state index contributed by atoms with van der Waals surface area (Å²) in [6.07, 6.45) is 2.17. The highest BCUT2D eigenvalue weighted by Gasteiger charge is 2.23. The van der Waals surface area contributed by atoms with Crippen LogP contribution in [-0.4, -0.2) is 49.2 Å². The SMILES string of the molecule is Cc1ccc(C(=O)O)c(N2CCC(N(C)C)CC2)c1. The molecule has 0 atom stereocenters. The highest BCUT2D eigenvalue weighted by atomic mass is 16.4. The largest absolute Gasteiger partial charge is 0.478 e. The van der Waals surface area contributed by atoms with E-state index in [1.807, 2.05) is 19.1 Å². The first-order valence-corrected chi connectivity index (χ1v) is 6.74. The average molecular weight is 262 g/mol. The number of hydrogen-bond acceptors (Lipinski definition) is 3. The van der Waals surface area contributed by atoms with Crippen molar-refractivity contribution >= 4 is 11.7 Å². The molecule has 0 bridgehead atoms. The van der Waals surface area contributed by atoms with Crippen LogP contribution in [0.15, 0.2) is 18.2 Å². The molecule has 1 N–H and O–H groups in total. The molecule has 0 spiro atoms. The minimum Gasteiger partial charge on any atom is -0.478 e. The third-order valence-electron chi connectivity index (χ3n) is 3.92. The maximum Gasteiger partial charge on any atom is 0.337 e. The molecule has 1 aromatic rings. The Hall–Kier alpha value is -1.55. The first-order valence-electron chi connectivity index (χ1n) is 6.74. The number of aromatic carboxylic acids is 1. The molecule has 1 fully saturated rings. The Morgan fingerprint density at radius 2 is 1.95 bits per heavy atom. The van der Waals surface area contributed by atoms with Gasteiger partial charge in [0.05, 0.1) is 11.3 Å². The number of carboxylic acid groups (broad SMARTS) is 1. The molecule has 1 saturated heterocycles. The van der Waals surface area contributed by atoms with Crippen molar-refractivity contribution < 1.29 is 9.90 Å². The van der Waals surface area contributed by atoms with Gasteiger partial charge >= 0.3 is 5.97 Å². The third-order valence-corrected chi connectivity index (χ3v) is 3.92. The second kappa shape index (κ2) is 5.61. The summed E-state index contributed by atoms with van der Waals surface area (Å²) in [5.41, 5.74) is 2.38. The molecule has 1 aliphatic heterocycles. The predicted octanol–water partition coefficient (Wildman–Crippen LogP) is 2.22. The van der Waals surface area contributed by atoms with Crippen LogP contribution in [0.4, 0.5) is 5.69 Å². The van der Waals surface area contributed by atoms with Crippen molar-refractivity contribution in [3.05, 3.63) is 29.3 Å². The lowest BCUT2D eigenvalue weighted by Crippen LogP contribution is -2.42. The minimum atomic E-state index is -0.843. The molecule has 1 aromatic carbocycles. The number of anilines is 1. The van der Waals surface area contributed by atoms with Gasteiger partial charge in [0, 0.05) is 19.1 Å². The van der Waals surface area contributed by atoms with Gasteiger partial charge in [0.1, 0.15) is 0 Å². The van der Waals surface area contributed by atoms with E-state index in [-0.39, 0.29) is 0 Å². The average Bonchev–Trinajstić information content (AvgIpc) is 2.38. The summed E-state index contributed by atoms with van der Waals surface area (Å²) < 4.78 is 0. The summed E-state index contributed by atoms with van der Waals surface area (Å²) in [7, 11) is 4.21. The Labute approximate surface area is 114 Å². The number of benzene rings is 1. The predicted molar refractivity (Wildman–Crippen MR) is 77.1 cm³/mol. The van der Waals surface area contributed by atoms with Crippen LogP contribution in [0.3, 0.4) is 0 Å². The Balaban J connectivity index is 2.19. The van der Waals surface area contributed by atoms with Crippen LogP contribution >= 0.6 is 0 Å². The molecule has 0 saturated carbocycles. The van der Waals surface area contributed by atoms with Gasteiger partial charge in [0.25, 0.3) is 0 Å². The molecule has 4 heteroatoms. The molecular weight excluding hydrogens is 240 g/mol. The lowest BCUT2D eigenvalue weighted by Gasteiger charge is -2.37. The van der Waals surface area contributed by atoms with Crippen molar-refractivity contribution in [2.24, 2.45) is 0 Å². The molecule has 19 heavy (non-hydrogen) atoms. The summed E-state index contributed by atoms with van der Waals surface area (Å²) in [5, 5.41) is 9.29. The van der Waals surface area contributed by atoms with Crippen molar-refractivity contribution in [1.29, 1.82) is 0 Å². The molecule has 4 nitrogen and oxygen atoms in total. The number of aryl methyl sites for hydroxylation is 1. The number of carbonyl (C=O) groups is 1. The second-order valence-corrected chi connectivity index (χ2v) is 5.51. The van der Waals surface area contributed by atoms with E-state index < -0.39 is 5.97 Å². The van der Waals surface area contributed by atoms with Gasteiger partial charge in [-0.05, 0) is 51.6 Å². The van der Waals surface area contributed by atoms with E-state index in [1.165, 1.54) is 0 Å². The van der Waals surface area contributed by atoms with E-state index >= 15 is 0 Å². The zero-order valence-electron chi connectivity index (χ0n) is 11.9. The van der Waals surface area contributed by atoms with Crippen LogP contribution in [0, 0.1) is 6.92 Å². The fourth-order valence-corrected chi connectivity index (χ4v) is 2.71. The van der Waals surface area contributed by atoms with Gasteiger partial charge < -0.3 is 14.9 Å².